The molecule has 2 heterocycles. The van der Waals surface area contributed by atoms with E-state index in [-0.39, 0.29) is 0 Å². The second-order valence-corrected chi connectivity index (χ2v) is 17.8. The van der Waals surface area contributed by atoms with Gasteiger partial charge >= 0.3 is 0 Å². The van der Waals surface area contributed by atoms with Crippen LogP contribution in [0.1, 0.15) is 0 Å². The van der Waals surface area contributed by atoms with E-state index >= 15 is 0 Å². The maximum Gasteiger partial charge on any atom is 0.0467 e. The number of thiophene rings is 2. The van der Waals surface area contributed by atoms with Gasteiger partial charge in [0.2, 0.25) is 0 Å². The molecule has 0 saturated carbocycles. The van der Waals surface area contributed by atoms with Crippen molar-refractivity contribution in [2.45, 2.75) is 0 Å². The summed E-state index contributed by atoms with van der Waals surface area (Å²) in [7, 11) is 0. The summed E-state index contributed by atoms with van der Waals surface area (Å²) in [5.41, 5.74) is 13.0. The molecule has 0 aliphatic heterocycles. The zero-order valence-electron chi connectivity index (χ0n) is 33.1. The summed E-state index contributed by atoms with van der Waals surface area (Å²) in [5.74, 6) is 0. The molecule has 0 saturated heterocycles. The summed E-state index contributed by atoms with van der Waals surface area (Å²) >= 11 is 3.75. The van der Waals surface area contributed by atoms with Crippen molar-refractivity contribution < 1.29 is 0 Å². The van der Waals surface area contributed by atoms with Crippen molar-refractivity contribution in [1.29, 1.82) is 0 Å². The molecule has 0 radical (unpaired) electrons. The van der Waals surface area contributed by atoms with Gasteiger partial charge in [0.15, 0.2) is 0 Å². The van der Waals surface area contributed by atoms with Crippen molar-refractivity contribution in [3.05, 3.63) is 224 Å². The molecule has 0 fully saturated rings. The molecule has 0 N–H and O–H groups in total. The second kappa shape index (κ2) is 14.8. The van der Waals surface area contributed by atoms with Crippen molar-refractivity contribution in [1.82, 2.24) is 0 Å². The van der Waals surface area contributed by atoms with Crippen molar-refractivity contribution >= 4 is 90.9 Å². The second-order valence-electron chi connectivity index (χ2n) is 15.7. The minimum absolute atomic E-state index is 1.10. The third-order valence-corrected chi connectivity index (χ3v) is 14.4. The number of fused-ring (bicyclic) bond motifs is 7. The van der Waals surface area contributed by atoms with E-state index in [0.29, 0.717) is 0 Å². The highest BCUT2D eigenvalue weighted by molar-refractivity contribution is 7.26. The Morgan fingerprint density at radius 1 is 0.262 bits per heavy atom. The standard InChI is InChI=1S/C58H37NS2/c1-2-20-48-39(12-1)13-10-23-49(48)44-17-9-19-47(36-44)59(45-31-28-38(29-32-45)42-30-33-53-51-21-3-5-26-55(51)60-57(53)37-42)46-18-8-15-41(35-46)40-14-7-16-43(34-40)50-24-11-25-54-52-22-4-6-27-56(52)61-58(50)54/h1-37H. The predicted octanol–water partition coefficient (Wildman–Crippen LogP) is 17.7. The summed E-state index contributed by atoms with van der Waals surface area (Å²) < 4.78 is 5.30. The van der Waals surface area contributed by atoms with Gasteiger partial charge in [0, 0.05) is 57.4 Å². The van der Waals surface area contributed by atoms with E-state index in [0.717, 1.165) is 17.1 Å². The third-order valence-electron chi connectivity index (χ3n) is 12.1. The molecule has 3 heteroatoms. The van der Waals surface area contributed by atoms with Crippen LogP contribution in [0.4, 0.5) is 17.1 Å². The molecule has 0 spiro atoms. The highest BCUT2D eigenvalue weighted by atomic mass is 32.1. The first kappa shape index (κ1) is 35.6. The normalized spacial score (nSPS) is 11.6. The van der Waals surface area contributed by atoms with Gasteiger partial charge in [-0.05, 0) is 116 Å². The lowest BCUT2D eigenvalue weighted by Crippen LogP contribution is -2.10. The first-order valence-electron chi connectivity index (χ1n) is 20.7. The first-order chi connectivity index (χ1) is 30.2. The van der Waals surface area contributed by atoms with Gasteiger partial charge in [-0.3, -0.25) is 0 Å². The van der Waals surface area contributed by atoms with Crippen molar-refractivity contribution in [2.75, 3.05) is 4.90 Å². The number of nitrogens with zero attached hydrogens (tertiary/aromatic N) is 1. The lowest BCUT2D eigenvalue weighted by Gasteiger charge is -2.27. The summed E-state index contributed by atoms with van der Waals surface area (Å²) in [6.07, 6.45) is 0. The van der Waals surface area contributed by atoms with E-state index in [1.165, 1.54) is 95.6 Å². The molecule has 0 atom stereocenters. The van der Waals surface area contributed by atoms with Gasteiger partial charge in [0.25, 0.3) is 0 Å². The highest BCUT2D eigenvalue weighted by Gasteiger charge is 2.17. The van der Waals surface area contributed by atoms with Crippen LogP contribution in [0.15, 0.2) is 224 Å². The van der Waals surface area contributed by atoms with Crippen LogP contribution >= 0.6 is 22.7 Å². The summed E-state index contributed by atoms with van der Waals surface area (Å²) in [5, 5.41) is 7.78. The van der Waals surface area contributed by atoms with E-state index in [9.17, 15) is 0 Å². The zero-order chi connectivity index (χ0) is 40.3. The maximum atomic E-state index is 2.40. The van der Waals surface area contributed by atoms with Crippen molar-refractivity contribution in [3.63, 3.8) is 0 Å². The van der Waals surface area contributed by atoms with Gasteiger partial charge < -0.3 is 4.90 Å². The van der Waals surface area contributed by atoms with E-state index < -0.39 is 0 Å². The predicted molar refractivity (Wildman–Crippen MR) is 266 cm³/mol. The molecule has 0 bridgehead atoms. The lowest BCUT2D eigenvalue weighted by atomic mass is 9.97. The molecule has 286 valence electrons. The van der Waals surface area contributed by atoms with Crippen LogP contribution in [0, 0.1) is 0 Å². The minimum Gasteiger partial charge on any atom is -0.310 e. The smallest absolute Gasteiger partial charge is 0.0467 e. The molecule has 0 unspecified atom stereocenters. The average Bonchev–Trinajstić information content (AvgIpc) is 3.90. The average molecular weight is 812 g/mol. The van der Waals surface area contributed by atoms with Crippen LogP contribution in [-0.2, 0) is 0 Å². The van der Waals surface area contributed by atoms with Crippen molar-refractivity contribution in [2.24, 2.45) is 0 Å². The first-order valence-corrected chi connectivity index (χ1v) is 22.4. The highest BCUT2D eigenvalue weighted by Crippen LogP contribution is 2.43. The largest absolute Gasteiger partial charge is 0.310 e. The Balaban J connectivity index is 0.963. The fraction of sp³-hybridized carbons (Fsp3) is 0. The molecule has 10 aromatic carbocycles. The van der Waals surface area contributed by atoms with E-state index in [4.69, 9.17) is 0 Å². The molecule has 1 nitrogen and oxygen atoms in total. The number of rotatable bonds is 7. The topological polar surface area (TPSA) is 3.24 Å². The SMILES string of the molecule is c1cc(-c2cccc(N(c3ccc(-c4ccc5c(c4)sc4ccccc45)cc3)c3cccc(-c4cccc5ccccc45)c3)c2)cc(-c2cccc3c2sc2ccccc23)c1. The van der Waals surface area contributed by atoms with Gasteiger partial charge in [-0.2, -0.15) is 0 Å². The molecule has 12 aromatic rings. The monoisotopic (exact) mass is 811 g/mol. The molecular weight excluding hydrogens is 775 g/mol. The molecular formula is C58H37NS2. The Bertz CT molecular complexity index is 3600. The summed E-state index contributed by atoms with van der Waals surface area (Å²) in [6, 6.07) is 82.4. The van der Waals surface area contributed by atoms with Crippen LogP contribution in [0.3, 0.4) is 0 Å². The Morgan fingerprint density at radius 3 is 1.57 bits per heavy atom. The van der Waals surface area contributed by atoms with Crippen LogP contribution in [0.25, 0.3) is 95.6 Å². The number of hydrogen-bond donors (Lipinski definition) is 0. The van der Waals surface area contributed by atoms with Gasteiger partial charge in [-0.25, -0.2) is 0 Å². The van der Waals surface area contributed by atoms with Crippen LogP contribution < -0.4 is 4.90 Å². The molecule has 2 aromatic heterocycles. The van der Waals surface area contributed by atoms with Crippen LogP contribution in [0.5, 0.6) is 0 Å². The Hall–Kier alpha value is -7.30. The van der Waals surface area contributed by atoms with Gasteiger partial charge in [0.1, 0.15) is 0 Å². The van der Waals surface area contributed by atoms with E-state index in [2.05, 4.69) is 229 Å². The maximum absolute atomic E-state index is 2.40. The fourth-order valence-corrected chi connectivity index (χ4v) is 11.5. The van der Waals surface area contributed by atoms with Crippen molar-refractivity contribution in [3.8, 4) is 44.5 Å². The molecule has 0 aliphatic carbocycles. The van der Waals surface area contributed by atoms with Gasteiger partial charge in [-0.1, -0.05) is 164 Å². The van der Waals surface area contributed by atoms with E-state index in [1.54, 1.807) is 0 Å². The van der Waals surface area contributed by atoms with Gasteiger partial charge in [-0.15, -0.1) is 22.7 Å². The van der Waals surface area contributed by atoms with Crippen LogP contribution in [0.2, 0.25) is 0 Å². The summed E-state index contributed by atoms with van der Waals surface area (Å²) in [6.45, 7) is 0. The molecule has 0 aliphatic rings. The third kappa shape index (κ3) is 6.29. The number of hydrogen-bond acceptors (Lipinski definition) is 3. The Morgan fingerprint density at radius 2 is 0.770 bits per heavy atom. The zero-order valence-corrected chi connectivity index (χ0v) is 34.8. The Labute approximate surface area is 362 Å². The molecule has 61 heavy (non-hydrogen) atoms. The molecule has 0 amide bonds. The molecule has 12 rings (SSSR count). The number of benzene rings is 10. The number of anilines is 3. The minimum atomic E-state index is 1.10. The lowest BCUT2D eigenvalue weighted by molar-refractivity contribution is 1.28. The van der Waals surface area contributed by atoms with E-state index in [1.807, 2.05) is 22.7 Å². The quantitative estimate of drug-likeness (QED) is 0.155. The fourth-order valence-electron chi connectivity index (χ4n) is 9.11. The van der Waals surface area contributed by atoms with Gasteiger partial charge in [0.05, 0.1) is 0 Å². The Kier molecular flexibility index (Phi) is 8.62. The summed E-state index contributed by atoms with van der Waals surface area (Å²) in [4.78, 5) is 2.40. The van der Waals surface area contributed by atoms with Crippen LogP contribution in [-0.4, -0.2) is 0 Å².